The lowest BCUT2D eigenvalue weighted by Crippen LogP contribution is -2.60. The van der Waals surface area contributed by atoms with Gasteiger partial charge < -0.3 is 56.6 Å². The Morgan fingerprint density at radius 2 is 1.30 bits per heavy atom. The number of nitrogens with one attached hydrogen (secondary N) is 6. The molecule has 2 fully saturated rings. The Hall–Kier alpha value is -7.77. The van der Waals surface area contributed by atoms with E-state index in [-0.39, 0.29) is 45.4 Å². The van der Waals surface area contributed by atoms with Gasteiger partial charge in [-0.15, -0.1) is 0 Å². The quantitative estimate of drug-likeness (QED) is 0.0493. The Labute approximate surface area is 443 Å². The summed E-state index contributed by atoms with van der Waals surface area (Å²) in [4.78, 5) is 130. The fourth-order valence-electron chi connectivity index (χ4n) is 9.46. The molecule has 3 aromatic carbocycles. The van der Waals surface area contributed by atoms with Crippen LogP contribution in [0.1, 0.15) is 109 Å². The first-order valence-corrected chi connectivity index (χ1v) is 26.2. The van der Waals surface area contributed by atoms with Gasteiger partial charge in [-0.3, -0.25) is 38.4 Å². The third kappa shape index (κ3) is 16.4. The standard InChI is InChI=1S/C56H73N9O11/c1-6-7-23-41(48(57)67)60-52(71)45-25-16-29-64(45)54(73)46-26-17-30-65(46)53(72)44(31-36-18-10-8-11-19-36)62-51(70)43(32-38-33-58-40-24-15-14-22-39(38)40)61-49(68)35(2)59-50(69)42(63-55(74)76-56(3,4)5)27-28-47(66)75-34-37-20-12-9-13-21-37/h8-15,18-22,24,33,35,41-46,58H,6-7,16-17,23,25-32,34H2,1-5H3,(H2,57,67)(H,59,69)(H,60,71)(H,61,68)(H,62,70)(H,63,74)/t35-,41-,42-,43+,44-,45-,46+/m0/s1. The van der Waals surface area contributed by atoms with Crippen LogP contribution in [0.25, 0.3) is 10.9 Å². The maximum absolute atomic E-state index is 14.9. The van der Waals surface area contributed by atoms with Crippen LogP contribution >= 0.6 is 0 Å². The lowest BCUT2D eigenvalue weighted by atomic mass is 10.0. The number of carbonyl (C=O) groups is 9. The van der Waals surface area contributed by atoms with Gasteiger partial charge in [-0.2, -0.15) is 0 Å². The molecule has 0 saturated carbocycles. The minimum atomic E-state index is -1.34. The van der Waals surface area contributed by atoms with Gasteiger partial charge in [-0.25, -0.2) is 4.79 Å². The number of para-hydroxylation sites is 1. The van der Waals surface area contributed by atoms with Gasteiger partial charge in [-0.05, 0) is 89.0 Å². The van der Waals surface area contributed by atoms with Crippen molar-refractivity contribution < 1.29 is 52.6 Å². The molecule has 6 rings (SSSR count). The molecule has 0 bridgehead atoms. The summed E-state index contributed by atoms with van der Waals surface area (Å²) in [6.45, 7) is 8.78. The number of nitrogens with zero attached hydrogens (tertiary/aromatic N) is 2. The number of esters is 1. The number of aromatic nitrogens is 1. The number of rotatable bonds is 24. The minimum Gasteiger partial charge on any atom is -0.461 e. The number of amides is 8. The molecular weight excluding hydrogens is 975 g/mol. The zero-order chi connectivity index (χ0) is 54.9. The van der Waals surface area contributed by atoms with E-state index in [1.54, 1.807) is 75.5 Å². The van der Waals surface area contributed by atoms with Crippen molar-refractivity contribution in [1.82, 2.24) is 41.4 Å². The smallest absolute Gasteiger partial charge is 0.408 e. The van der Waals surface area contributed by atoms with E-state index in [1.807, 2.05) is 43.3 Å². The fraction of sp³-hybridized carbons (Fsp3) is 0.482. The lowest BCUT2D eigenvalue weighted by Gasteiger charge is -2.33. The zero-order valence-electron chi connectivity index (χ0n) is 44.1. The van der Waals surface area contributed by atoms with Crippen molar-refractivity contribution in [2.45, 2.75) is 160 Å². The Morgan fingerprint density at radius 1 is 0.684 bits per heavy atom. The number of aromatic amines is 1. The van der Waals surface area contributed by atoms with Crippen molar-refractivity contribution in [2.75, 3.05) is 13.1 Å². The van der Waals surface area contributed by atoms with E-state index in [1.165, 1.54) is 16.7 Å². The van der Waals surface area contributed by atoms with Gasteiger partial charge in [-0.1, -0.05) is 98.6 Å². The van der Waals surface area contributed by atoms with E-state index in [0.717, 1.165) is 22.9 Å². The molecule has 20 nitrogen and oxygen atoms in total. The molecule has 2 aliphatic heterocycles. The fourth-order valence-corrected chi connectivity index (χ4v) is 9.46. The number of benzene rings is 3. The molecule has 0 aliphatic carbocycles. The van der Waals surface area contributed by atoms with Crippen molar-refractivity contribution in [3.05, 3.63) is 108 Å². The highest BCUT2D eigenvalue weighted by Crippen LogP contribution is 2.27. The van der Waals surface area contributed by atoms with E-state index in [2.05, 4.69) is 31.6 Å². The number of ether oxygens (including phenoxy) is 2. The lowest BCUT2D eigenvalue weighted by molar-refractivity contribution is -0.148. The maximum atomic E-state index is 14.9. The van der Waals surface area contributed by atoms with Crippen LogP contribution in [0.15, 0.2) is 91.1 Å². The van der Waals surface area contributed by atoms with Gasteiger partial charge in [0, 0.05) is 49.5 Å². The van der Waals surface area contributed by atoms with E-state index in [9.17, 15) is 43.2 Å². The predicted molar refractivity (Wildman–Crippen MR) is 282 cm³/mol. The van der Waals surface area contributed by atoms with E-state index < -0.39 is 101 Å². The molecule has 8 N–H and O–H groups in total. The molecule has 2 saturated heterocycles. The second kappa shape index (κ2) is 27.1. The maximum Gasteiger partial charge on any atom is 0.408 e. The Kier molecular flexibility index (Phi) is 20.5. The number of hydrogen-bond donors (Lipinski definition) is 7. The normalized spacial score (nSPS) is 17.3. The SMILES string of the molecule is CCCC[C@H](NC(=O)[C@@H]1CCCN1C(=O)[C@H]1CCCN1C(=O)[C@H](Cc1ccccc1)NC(=O)[C@@H](Cc1c[nH]c2ccccc12)NC(=O)[C@H](C)NC(=O)[C@H](CCC(=O)OCc1ccccc1)NC(=O)OC(C)(C)C)C(N)=O. The average molecular weight is 1050 g/mol. The number of hydrogen-bond acceptors (Lipinski definition) is 11. The summed E-state index contributed by atoms with van der Waals surface area (Å²) < 4.78 is 10.8. The molecule has 76 heavy (non-hydrogen) atoms. The van der Waals surface area contributed by atoms with Gasteiger partial charge in [0.15, 0.2) is 0 Å². The van der Waals surface area contributed by atoms with Crippen molar-refractivity contribution in [3.8, 4) is 0 Å². The molecule has 1 aromatic heterocycles. The number of nitrogens with two attached hydrogens (primary N) is 1. The Balaban J connectivity index is 1.20. The van der Waals surface area contributed by atoms with Crippen molar-refractivity contribution in [2.24, 2.45) is 5.73 Å². The first kappa shape index (κ1) is 57.5. The Bertz CT molecular complexity index is 2670. The summed E-state index contributed by atoms with van der Waals surface area (Å²) in [5.74, 6) is -5.04. The first-order valence-electron chi connectivity index (χ1n) is 26.2. The molecule has 0 unspecified atom stereocenters. The first-order chi connectivity index (χ1) is 36.3. The van der Waals surface area contributed by atoms with Crippen molar-refractivity contribution in [3.63, 3.8) is 0 Å². The van der Waals surface area contributed by atoms with E-state index in [4.69, 9.17) is 15.2 Å². The van der Waals surface area contributed by atoms with Crippen LogP contribution in [-0.4, -0.2) is 129 Å². The largest absolute Gasteiger partial charge is 0.461 e. The van der Waals surface area contributed by atoms with Crippen LogP contribution in [0.2, 0.25) is 0 Å². The van der Waals surface area contributed by atoms with Crippen LogP contribution in [0, 0.1) is 0 Å². The molecule has 4 aromatic rings. The van der Waals surface area contributed by atoms with Crippen LogP contribution in [-0.2, 0) is 67.3 Å². The van der Waals surface area contributed by atoms with Gasteiger partial charge in [0.05, 0.1) is 0 Å². The zero-order valence-corrected chi connectivity index (χ0v) is 44.1. The van der Waals surface area contributed by atoms with E-state index >= 15 is 0 Å². The monoisotopic (exact) mass is 1050 g/mol. The summed E-state index contributed by atoms with van der Waals surface area (Å²) in [6.07, 6.45) is 3.82. The second-order valence-corrected chi connectivity index (χ2v) is 20.5. The number of likely N-dealkylation sites (tertiary alicyclic amines) is 2. The van der Waals surface area contributed by atoms with Gasteiger partial charge >= 0.3 is 12.1 Å². The molecule has 8 amide bonds. The highest BCUT2D eigenvalue weighted by Gasteiger charge is 2.44. The topological polar surface area (TPSA) is 281 Å². The number of primary amides is 1. The van der Waals surface area contributed by atoms with Gasteiger partial charge in [0.25, 0.3) is 0 Å². The number of alkyl carbamates (subject to hydrolysis) is 1. The summed E-state index contributed by atoms with van der Waals surface area (Å²) in [6, 6.07) is 17.6. The molecule has 2 aliphatic rings. The number of unbranched alkanes of at least 4 members (excludes halogenated alkanes) is 1. The van der Waals surface area contributed by atoms with Gasteiger partial charge in [0.1, 0.15) is 54.5 Å². The number of carbonyl (C=O) groups excluding carboxylic acids is 9. The number of H-pyrrole nitrogens is 1. The summed E-state index contributed by atoms with van der Waals surface area (Å²) in [5, 5.41) is 14.3. The molecule has 0 radical (unpaired) electrons. The summed E-state index contributed by atoms with van der Waals surface area (Å²) in [5.41, 5.74) is 7.61. The van der Waals surface area contributed by atoms with Crippen LogP contribution in [0.5, 0.6) is 0 Å². The second-order valence-electron chi connectivity index (χ2n) is 20.5. The summed E-state index contributed by atoms with van der Waals surface area (Å²) in [7, 11) is 0. The third-order valence-electron chi connectivity index (χ3n) is 13.4. The molecular formula is C56H73N9O11. The highest BCUT2D eigenvalue weighted by molar-refractivity contribution is 5.98. The Morgan fingerprint density at radius 3 is 1.97 bits per heavy atom. The molecule has 7 atom stereocenters. The predicted octanol–water partition coefficient (Wildman–Crippen LogP) is 3.99. The molecule has 0 spiro atoms. The van der Waals surface area contributed by atoms with Gasteiger partial charge in [0.2, 0.25) is 41.4 Å². The molecule has 408 valence electrons. The van der Waals surface area contributed by atoms with Crippen LogP contribution in [0.4, 0.5) is 4.79 Å². The van der Waals surface area contributed by atoms with Crippen molar-refractivity contribution >= 4 is 64.3 Å². The van der Waals surface area contributed by atoms with E-state index in [0.29, 0.717) is 49.7 Å². The summed E-state index contributed by atoms with van der Waals surface area (Å²) >= 11 is 0. The van der Waals surface area contributed by atoms with Crippen LogP contribution in [0.3, 0.4) is 0 Å². The van der Waals surface area contributed by atoms with Crippen LogP contribution < -0.4 is 32.3 Å². The molecule has 3 heterocycles. The molecule has 20 heteroatoms. The average Bonchev–Trinajstić information content (AvgIpc) is 4.19. The highest BCUT2D eigenvalue weighted by atomic mass is 16.6. The number of fused-ring (bicyclic) bond motifs is 1. The van der Waals surface area contributed by atoms with Crippen molar-refractivity contribution in [1.29, 1.82) is 0 Å². The third-order valence-corrected chi connectivity index (χ3v) is 13.4. The minimum absolute atomic E-state index is 0.00197.